The minimum absolute atomic E-state index is 0.173. The van der Waals surface area contributed by atoms with Crippen molar-refractivity contribution in [1.29, 1.82) is 0 Å². The Morgan fingerprint density at radius 2 is 1.90 bits per heavy atom. The predicted molar refractivity (Wildman–Crippen MR) is 70.2 cm³/mol. The Hall–Kier alpha value is -1.79. The number of imidazole rings is 1. The van der Waals surface area contributed by atoms with Crippen molar-refractivity contribution >= 4 is 0 Å². The highest BCUT2D eigenvalue weighted by Crippen LogP contribution is 2.43. The highest BCUT2D eigenvalue weighted by atomic mass is 16.5. The van der Waals surface area contributed by atoms with Crippen molar-refractivity contribution in [3.8, 4) is 5.95 Å². The third-order valence-electron chi connectivity index (χ3n) is 4.24. The van der Waals surface area contributed by atoms with Gasteiger partial charge in [-0.25, -0.2) is 15.0 Å². The van der Waals surface area contributed by atoms with E-state index in [9.17, 15) is 5.11 Å². The summed E-state index contributed by atoms with van der Waals surface area (Å²) in [5.74, 6) is 0.560. The zero-order chi connectivity index (χ0) is 13.6. The number of ether oxygens (including phenoxy) is 1. The average molecular weight is 272 g/mol. The smallest absolute Gasteiger partial charge is 0.234 e. The summed E-state index contributed by atoms with van der Waals surface area (Å²) in [6.45, 7) is 0. The topological polar surface area (TPSA) is 73.1 Å². The first-order valence-corrected chi connectivity index (χ1v) is 6.92. The van der Waals surface area contributed by atoms with Crippen LogP contribution in [0, 0.1) is 0 Å². The molecule has 2 aliphatic heterocycles. The molecular weight excluding hydrogens is 256 g/mol. The Bertz CT molecular complexity index is 584. The second kappa shape index (κ2) is 4.36. The lowest BCUT2D eigenvalue weighted by atomic mass is 9.85. The molecule has 0 spiro atoms. The second-order valence-electron chi connectivity index (χ2n) is 5.64. The highest BCUT2D eigenvalue weighted by molar-refractivity contribution is 5.21. The van der Waals surface area contributed by atoms with E-state index >= 15 is 0 Å². The molecule has 0 amide bonds. The molecule has 0 aromatic carbocycles. The van der Waals surface area contributed by atoms with Gasteiger partial charge in [-0.15, -0.1) is 0 Å². The van der Waals surface area contributed by atoms with Gasteiger partial charge in [-0.3, -0.25) is 4.57 Å². The van der Waals surface area contributed by atoms with Crippen molar-refractivity contribution < 1.29 is 9.84 Å². The number of rotatable bonds is 2. The van der Waals surface area contributed by atoms with Gasteiger partial charge in [0.1, 0.15) is 6.33 Å². The minimum Gasteiger partial charge on any atom is -0.385 e. The van der Waals surface area contributed by atoms with Crippen LogP contribution in [0.2, 0.25) is 0 Å². The maximum Gasteiger partial charge on any atom is 0.234 e. The first kappa shape index (κ1) is 12.0. The molecule has 4 rings (SSSR count). The van der Waals surface area contributed by atoms with E-state index in [1.807, 2.05) is 0 Å². The lowest BCUT2D eigenvalue weighted by Gasteiger charge is -2.36. The fourth-order valence-electron chi connectivity index (χ4n) is 3.22. The summed E-state index contributed by atoms with van der Waals surface area (Å²) in [5, 5.41) is 10.9. The van der Waals surface area contributed by atoms with E-state index in [4.69, 9.17) is 4.74 Å². The molecule has 2 unspecified atom stereocenters. The molecule has 0 aliphatic carbocycles. The third-order valence-corrected chi connectivity index (χ3v) is 4.24. The summed E-state index contributed by atoms with van der Waals surface area (Å²) in [7, 11) is 0. The number of hydrogen-bond donors (Lipinski definition) is 1. The van der Waals surface area contributed by atoms with Gasteiger partial charge in [0.2, 0.25) is 5.95 Å². The highest BCUT2D eigenvalue weighted by Gasteiger charge is 2.45. The second-order valence-corrected chi connectivity index (χ2v) is 5.64. The maximum atomic E-state index is 10.9. The van der Waals surface area contributed by atoms with Gasteiger partial charge >= 0.3 is 0 Å². The van der Waals surface area contributed by atoms with E-state index in [0.29, 0.717) is 18.8 Å². The van der Waals surface area contributed by atoms with Gasteiger partial charge < -0.3 is 9.84 Å². The van der Waals surface area contributed by atoms with Crippen molar-refractivity contribution in [1.82, 2.24) is 19.5 Å². The van der Waals surface area contributed by atoms with Crippen molar-refractivity contribution in [2.75, 3.05) is 0 Å². The minimum atomic E-state index is -0.850. The molecule has 2 saturated heterocycles. The van der Waals surface area contributed by atoms with E-state index in [0.717, 1.165) is 18.4 Å². The number of fused-ring (bicyclic) bond motifs is 2. The van der Waals surface area contributed by atoms with Gasteiger partial charge in [0.15, 0.2) is 0 Å². The molecule has 1 N–H and O–H groups in total. The van der Waals surface area contributed by atoms with Gasteiger partial charge in [-0.05, 0) is 12.8 Å². The molecule has 4 heterocycles. The van der Waals surface area contributed by atoms with Crippen LogP contribution in [-0.2, 0) is 10.3 Å². The molecule has 2 fully saturated rings. The van der Waals surface area contributed by atoms with Gasteiger partial charge in [0, 0.05) is 43.2 Å². The molecule has 2 aromatic rings. The Balaban J connectivity index is 1.62. The van der Waals surface area contributed by atoms with Crippen LogP contribution in [0.3, 0.4) is 0 Å². The van der Waals surface area contributed by atoms with Crippen molar-refractivity contribution in [3.05, 3.63) is 36.7 Å². The normalized spacial score (nSPS) is 32.5. The van der Waals surface area contributed by atoms with Crippen LogP contribution in [0.1, 0.15) is 31.2 Å². The van der Waals surface area contributed by atoms with E-state index in [1.165, 1.54) is 0 Å². The molecule has 104 valence electrons. The quantitative estimate of drug-likeness (QED) is 0.889. The van der Waals surface area contributed by atoms with Gasteiger partial charge in [0.05, 0.1) is 17.8 Å². The first-order valence-electron chi connectivity index (χ1n) is 6.92. The number of hydrogen-bond acceptors (Lipinski definition) is 5. The molecule has 6 nitrogen and oxygen atoms in total. The van der Waals surface area contributed by atoms with Crippen molar-refractivity contribution in [3.63, 3.8) is 0 Å². The van der Waals surface area contributed by atoms with Gasteiger partial charge in [-0.1, -0.05) is 0 Å². The summed E-state index contributed by atoms with van der Waals surface area (Å²) < 4.78 is 7.52. The van der Waals surface area contributed by atoms with Crippen LogP contribution >= 0.6 is 0 Å². The molecule has 0 radical (unpaired) electrons. The van der Waals surface area contributed by atoms with Crippen LogP contribution in [0.15, 0.2) is 31.1 Å². The molecule has 2 atom stereocenters. The summed E-state index contributed by atoms with van der Waals surface area (Å²) in [6, 6.07) is 0. The summed E-state index contributed by atoms with van der Waals surface area (Å²) >= 11 is 0. The standard InChI is InChI=1S/C14H16N4O2/c19-14(5-11-1-2-12(6-14)20-11)10-7-16-13(17-8-10)18-4-3-15-9-18/h3-4,7-9,11-12,19H,1-2,5-6H2. The van der Waals surface area contributed by atoms with E-state index in [1.54, 1.807) is 35.7 Å². The number of aliphatic hydroxyl groups is 1. The number of nitrogens with zero attached hydrogens (tertiary/aromatic N) is 4. The molecule has 2 aliphatic rings. The maximum absolute atomic E-state index is 10.9. The van der Waals surface area contributed by atoms with Crippen molar-refractivity contribution in [2.45, 2.75) is 43.5 Å². The van der Waals surface area contributed by atoms with E-state index in [2.05, 4.69) is 15.0 Å². The predicted octanol–water partition coefficient (Wildman–Crippen LogP) is 1.19. The largest absolute Gasteiger partial charge is 0.385 e. The monoisotopic (exact) mass is 272 g/mol. The van der Waals surface area contributed by atoms with Crippen LogP contribution in [-0.4, -0.2) is 36.8 Å². The fourth-order valence-corrected chi connectivity index (χ4v) is 3.22. The van der Waals surface area contributed by atoms with E-state index in [-0.39, 0.29) is 12.2 Å². The van der Waals surface area contributed by atoms with Gasteiger partial charge in [-0.2, -0.15) is 0 Å². The molecule has 2 bridgehead atoms. The molecule has 20 heavy (non-hydrogen) atoms. The third kappa shape index (κ3) is 1.92. The SMILES string of the molecule is OC1(c2cnc(-n3ccnc3)nc2)CC2CCC(C1)O2. The summed E-state index contributed by atoms with van der Waals surface area (Å²) in [4.78, 5) is 12.6. The van der Waals surface area contributed by atoms with Crippen LogP contribution in [0.4, 0.5) is 0 Å². The average Bonchev–Trinajstić information content (AvgIpc) is 3.09. The Morgan fingerprint density at radius 3 is 2.50 bits per heavy atom. The van der Waals surface area contributed by atoms with E-state index < -0.39 is 5.60 Å². The summed E-state index contributed by atoms with van der Waals surface area (Å²) in [6.07, 6.45) is 12.3. The Labute approximate surface area is 116 Å². The fraction of sp³-hybridized carbons (Fsp3) is 0.500. The zero-order valence-corrected chi connectivity index (χ0v) is 11.0. The van der Waals surface area contributed by atoms with Gasteiger partial charge in [0.25, 0.3) is 0 Å². The molecular formula is C14H16N4O2. The molecule has 0 saturated carbocycles. The summed E-state index contributed by atoms with van der Waals surface area (Å²) in [5.41, 5.74) is -0.0704. The molecule has 2 aromatic heterocycles. The molecule has 6 heteroatoms. The Morgan fingerprint density at radius 1 is 1.20 bits per heavy atom. The Kier molecular flexibility index (Phi) is 2.61. The lowest BCUT2D eigenvalue weighted by Crippen LogP contribution is -2.38. The first-order chi connectivity index (χ1) is 9.73. The van der Waals surface area contributed by atoms with Crippen molar-refractivity contribution in [2.24, 2.45) is 0 Å². The lowest BCUT2D eigenvalue weighted by molar-refractivity contribution is -0.115. The van der Waals surface area contributed by atoms with Crippen LogP contribution in [0.5, 0.6) is 0 Å². The van der Waals surface area contributed by atoms with Crippen LogP contribution in [0.25, 0.3) is 5.95 Å². The number of aromatic nitrogens is 4. The van der Waals surface area contributed by atoms with Crippen LogP contribution < -0.4 is 0 Å². The zero-order valence-electron chi connectivity index (χ0n) is 11.0.